The van der Waals surface area contributed by atoms with Crippen LogP contribution in [0.1, 0.15) is 66.5 Å². The first-order chi connectivity index (χ1) is 16.6. The van der Waals surface area contributed by atoms with E-state index in [0.29, 0.717) is 29.7 Å². The van der Waals surface area contributed by atoms with Gasteiger partial charge in [0.2, 0.25) is 5.88 Å². The van der Waals surface area contributed by atoms with Crippen LogP contribution in [0.15, 0.2) is 30.7 Å². The summed E-state index contributed by atoms with van der Waals surface area (Å²) in [4.78, 5) is 23.8. The van der Waals surface area contributed by atoms with Gasteiger partial charge in [-0.05, 0) is 45.6 Å². The van der Waals surface area contributed by atoms with E-state index in [4.69, 9.17) is 29.4 Å². The molecule has 0 aromatic carbocycles. The van der Waals surface area contributed by atoms with Gasteiger partial charge in [-0.25, -0.2) is 24.9 Å². The van der Waals surface area contributed by atoms with Crippen molar-refractivity contribution in [3.05, 3.63) is 53.5 Å². The summed E-state index contributed by atoms with van der Waals surface area (Å²) in [5.74, 6) is 1.49. The smallest absolute Gasteiger partial charge is 0.212 e. The van der Waals surface area contributed by atoms with Crippen LogP contribution in [0.4, 0.5) is 0 Å². The second kappa shape index (κ2) is 8.39. The summed E-state index contributed by atoms with van der Waals surface area (Å²) in [7, 11) is 1.60. The van der Waals surface area contributed by atoms with Crippen molar-refractivity contribution in [3.63, 3.8) is 0 Å². The largest absolute Gasteiger partial charge is 0.481 e. The first kappa shape index (κ1) is 21.1. The van der Waals surface area contributed by atoms with E-state index in [2.05, 4.69) is 21.0 Å². The van der Waals surface area contributed by atoms with E-state index in [1.165, 1.54) is 12.8 Å². The third-order valence-corrected chi connectivity index (χ3v) is 6.74. The number of rotatable bonds is 5. The molecule has 4 aromatic heterocycles. The third kappa shape index (κ3) is 3.90. The maximum atomic E-state index is 6.13. The Balaban J connectivity index is 1.38. The van der Waals surface area contributed by atoms with Crippen molar-refractivity contribution in [3.8, 4) is 17.1 Å². The Labute approximate surface area is 197 Å². The lowest BCUT2D eigenvalue weighted by molar-refractivity contribution is 0.00396. The number of ether oxygens (including phenoxy) is 2. The first-order valence-corrected chi connectivity index (χ1v) is 11.8. The van der Waals surface area contributed by atoms with E-state index < -0.39 is 0 Å². The second-order valence-electron chi connectivity index (χ2n) is 9.15. The Morgan fingerprint density at radius 1 is 1.00 bits per heavy atom. The van der Waals surface area contributed by atoms with Crippen molar-refractivity contribution in [2.24, 2.45) is 0 Å². The minimum Gasteiger partial charge on any atom is -0.481 e. The zero-order chi connectivity index (χ0) is 23.2. The average molecular weight is 458 g/mol. The van der Waals surface area contributed by atoms with Crippen LogP contribution in [-0.4, -0.2) is 48.4 Å². The van der Waals surface area contributed by atoms with Crippen LogP contribution < -0.4 is 4.74 Å². The molecule has 1 saturated carbocycles. The van der Waals surface area contributed by atoms with Crippen molar-refractivity contribution in [2.45, 2.75) is 57.6 Å². The standard InChI is InChI=1S/C25H27N7O2/c1-14-15(2)29-25-23(28-14)22(17-4-7-21(33-3)26-11-17)30-24(31-25)16-8-9-34-20(10-16)18-12-27-32(13-18)19-5-6-19/h4,7,11-13,16,19-20H,5-6,8-10H2,1-3H3/t16-,20+/m0/s1. The SMILES string of the molecule is COc1ccc(-c2nc([C@H]3CCO[C@@H](c4cnn(C5CC5)c4)C3)nc3nc(C)c(C)nc23)cn1. The Morgan fingerprint density at radius 2 is 1.85 bits per heavy atom. The molecule has 0 amide bonds. The van der Waals surface area contributed by atoms with Crippen molar-refractivity contribution >= 4 is 11.2 Å². The van der Waals surface area contributed by atoms with Gasteiger partial charge in [0.15, 0.2) is 5.65 Å². The van der Waals surface area contributed by atoms with Crippen LogP contribution in [0.2, 0.25) is 0 Å². The van der Waals surface area contributed by atoms with E-state index in [0.717, 1.165) is 46.9 Å². The lowest BCUT2D eigenvalue weighted by atomic mass is 9.92. The number of aromatic nitrogens is 7. The van der Waals surface area contributed by atoms with Gasteiger partial charge in [0.1, 0.15) is 17.0 Å². The van der Waals surface area contributed by atoms with Gasteiger partial charge in [0.25, 0.3) is 0 Å². The van der Waals surface area contributed by atoms with Crippen LogP contribution >= 0.6 is 0 Å². The minimum absolute atomic E-state index is 0.0116. The first-order valence-electron chi connectivity index (χ1n) is 11.8. The summed E-state index contributed by atoms with van der Waals surface area (Å²) < 4.78 is 13.4. The molecule has 1 aliphatic heterocycles. The summed E-state index contributed by atoms with van der Waals surface area (Å²) in [5, 5.41) is 4.55. The zero-order valence-corrected chi connectivity index (χ0v) is 19.6. The zero-order valence-electron chi connectivity index (χ0n) is 19.6. The number of aryl methyl sites for hydroxylation is 2. The third-order valence-electron chi connectivity index (χ3n) is 6.74. The van der Waals surface area contributed by atoms with Gasteiger partial charge in [-0.3, -0.25) is 4.68 Å². The predicted molar refractivity (Wildman–Crippen MR) is 126 cm³/mol. The number of methoxy groups -OCH3 is 1. The molecule has 2 atom stereocenters. The number of nitrogens with zero attached hydrogens (tertiary/aromatic N) is 7. The fraction of sp³-hybridized carbons (Fsp3) is 0.440. The van der Waals surface area contributed by atoms with Gasteiger partial charge in [0.05, 0.1) is 36.8 Å². The number of pyridine rings is 1. The molecule has 4 aromatic rings. The maximum Gasteiger partial charge on any atom is 0.212 e. The van der Waals surface area contributed by atoms with Crippen molar-refractivity contribution in [1.29, 1.82) is 0 Å². The van der Waals surface area contributed by atoms with Crippen molar-refractivity contribution < 1.29 is 9.47 Å². The molecule has 0 radical (unpaired) electrons. The molecule has 9 heteroatoms. The summed E-state index contributed by atoms with van der Waals surface area (Å²) >= 11 is 0. The van der Waals surface area contributed by atoms with Gasteiger partial charge >= 0.3 is 0 Å². The summed E-state index contributed by atoms with van der Waals surface area (Å²) in [6.45, 7) is 4.57. The molecule has 5 heterocycles. The van der Waals surface area contributed by atoms with E-state index in [9.17, 15) is 0 Å². The van der Waals surface area contributed by atoms with Gasteiger partial charge in [-0.15, -0.1) is 0 Å². The molecule has 0 spiro atoms. The van der Waals surface area contributed by atoms with E-state index in [-0.39, 0.29) is 12.0 Å². The highest BCUT2D eigenvalue weighted by molar-refractivity contribution is 5.86. The molecular formula is C25H27N7O2. The number of hydrogen-bond donors (Lipinski definition) is 0. The molecule has 0 N–H and O–H groups in total. The van der Waals surface area contributed by atoms with Crippen molar-refractivity contribution in [1.82, 2.24) is 34.7 Å². The molecule has 2 fully saturated rings. The highest BCUT2D eigenvalue weighted by atomic mass is 16.5. The molecule has 1 aliphatic carbocycles. The molecule has 174 valence electrons. The highest BCUT2D eigenvalue weighted by Gasteiger charge is 2.31. The van der Waals surface area contributed by atoms with E-state index >= 15 is 0 Å². The van der Waals surface area contributed by atoms with Crippen LogP contribution in [0, 0.1) is 13.8 Å². The van der Waals surface area contributed by atoms with Crippen LogP contribution in [0.25, 0.3) is 22.4 Å². The average Bonchev–Trinajstić information content (AvgIpc) is 3.60. The molecule has 9 nitrogen and oxygen atoms in total. The Morgan fingerprint density at radius 3 is 2.62 bits per heavy atom. The quantitative estimate of drug-likeness (QED) is 0.438. The second-order valence-corrected chi connectivity index (χ2v) is 9.15. The molecule has 6 rings (SSSR count). The minimum atomic E-state index is -0.0116. The molecule has 1 saturated heterocycles. The Bertz CT molecular complexity index is 1350. The van der Waals surface area contributed by atoms with Gasteiger partial charge in [-0.1, -0.05) is 0 Å². The maximum absolute atomic E-state index is 6.13. The molecule has 34 heavy (non-hydrogen) atoms. The monoisotopic (exact) mass is 457 g/mol. The lowest BCUT2D eigenvalue weighted by Crippen LogP contribution is -2.20. The van der Waals surface area contributed by atoms with Gasteiger partial charge in [0, 0.05) is 42.1 Å². The summed E-state index contributed by atoms with van der Waals surface area (Å²) in [6.07, 6.45) is 9.92. The number of fused-ring (bicyclic) bond motifs is 1. The van der Waals surface area contributed by atoms with Crippen LogP contribution in [0.5, 0.6) is 5.88 Å². The van der Waals surface area contributed by atoms with Crippen LogP contribution in [-0.2, 0) is 4.74 Å². The fourth-order valence-corrected chi connectivity index (χ4v) is 4.48. The highest BCUT2D eigenvalue weighted by Crippen LogP contribution is 2.39. The fourth-order valence-electron chi connectivity index (χ4n) is 4.48. The summed E-state index contributed by atoms with van der Waals surface area (Å²) in [6, 6.07) is 4.34. The van der Waals surface area contributed by atoms with E-state index in [1.807, 2.05) is 32.2 Å². The summed E-state index contributed by atoms with van der Waals surface area (Å²) in [5.41, 5.74) is 5.77. The Kier molecular flexibility index (Phi) is 5.21. The molecule has 0 unspecified atom stereocenters. The normalized spacial score (nSPS) is 20.6. The molecule has 0 bridgehead atoms. The Hall–Kier alpha value is -3.46. The lowest BCUT2D eigenvalue weighted by Gasteiger charge is -2.28. The predicted octanol–water partition coefficient (Wildman–Crippen LogP) is 4.27. The van der Waals surface area contributed by atoms with Crippen molar-refractivity contribution in [2.75, 3.05) is 13.7 Å². The van der Waals surface area contributed by atoms with Crippen LogP contribution in [0.3, 0.4) is 0 Å². The molecular weight excluding hydrogens is 430 g/mol. The van der Waals surface area contributed by atoms with E-state index in [1.54, 1.807) is 13.3 Å². The topological polar surface area (TPSA) is 101 Å². The number of hydrogen-bond acceptors (Lipinski definition) is 8. The van der Waals surface area contributed by atoms with Gasteiger partial charge in [-0.2, -0.15) is 5.10 Å². The molecule has 2 aliphatic rings. The van der Waals surface area contributed by atoms with Gasteiger partial charge < -0.3 is 9.47 Å².